The zero-order chi connectivity index (χ0) is 33.1. The summed E-state index contributed by atoms with van der Waals surface area (Å²) < 4.78 is 76.6. The van der Waals surface area contributed by atoms with Crippen LogP contribution in [0.15, 0.2) is 53.5 Å². The number of fused-ring (bicyclic) bond motifs is 5. The average Bonchev–Trinajstić information content (AvgIpc) is 3.32. The van der Waals surface area contributed by atoms with Crippen LogP contribution in [0.5, 0.6) is 5.75 Å². The maximum Gasteiger partial charge on any atom is 0.274 e. The number of rotatable bonds is 7. The van der Waals surface area contributed by atoms with Crippen molar-refractivity contribution in [3.05, 3.63) is 98.7 Å². The topological polar surface area (TPSA) is 141 Å². The molecule has 0 radical (unpaired) electrons. The number of amides is 2. The second kappa shape index (κ2) is 11.5. The number of hydrogen-bond donors (Lipinski definition) is 1. The van der Waals surface area contributed by atoms with Gasteiger partial charge in [0, 0.05) is 49.2 Å². The van der Waals surface area contributed by atoms with Crippen molar-refractivity contribution in [1.82, 2.24) is 14.5 Å². The molecule has 4 heterocycles. The Morgan fingerprint density at radius 2 is 1.80 bits per heavy atom. The number of ether oxygens (including phenoxy) is 1. The number of benzene rings is 2. The van der Waals surface area contributed by atoms with Crippen molar-refractivity contribution >= 4 is 21.7 Å². The van der Waals surface area contributed by atoms with Gasteiger partial charge in [0.25, 0.3) is 11.8 Å². The van der Waals surface area contributed by atoms with E-state index in [1.54, 1.807) is 37.3 Å². The second-order valence-corrected chi connectivity index (χ2v) is 14.2. The Morgan fingerprint density at radius 3 is 2.43 bits per heavy atom. The molecule has 1 aromatic heterocycles. The van der Waals surface area contributed by atoms with Crippen LogP contribution in [0.25, 0.3) is 0 Å². The third kappa shape index (κ3) is 5.45. The summed E-state index contributed by atoms with van der Waals surface area (Å²) in [6.07, 6.45) is 2.47. The van der Waals surface area contributed by atoms with Crippen molar-refractivity contribution in [1.29, 1.82) is 0 Å². The Balaban J connectivity index is 1.49. The minimum absolute atomic E-state index is 0.00418. The van der Waals surface area contributed by atoms with Crippen molar-refractivity contribution in [3.63, 3.8) is 0 Å². The molecule has 3 aliphatic heterocycles. The number of pyridine rings is 1. The highest BCUT2D eigenvalue weighted by Gasteiger charge is 2.58. The number of carbonyl (C=O) groups excluding carboxylic acids is 2. The van der Waals surface area contributed by atoms with E-state index in [0.717, 1.165) is 17.5 Å². The second-order valence-electron chi connectivity index (χ2n) is 12.0. The number of sulfone groups is 1. The van der Waals surface area contributed by atoms with E-state index in [4.69, 9.17) is 15.3 Å². The van der Waals surface area contributed by atoms with Gasteiger partial charge < -0.3 is 19.9 Å². The van der Waals surface area contributed by atoms with E-state index in [1.807, 2.05) is 0 Å². The first-order valence-electron chi connectivity index (χ1n) is 14.5. The number of nitrogens with two attached hydrogens (primary N) is 1. The molecular weight excluding hydrogens is 629 g/mol. The Hall–Kier alpha value is -4.21. The van der Waals surface area contributed by atoms with Crippen LogP contribution < -0.4 is 15.9 Å². The zero-order valence-electron chi connectivity index (χ0n) is 24.9. The molecule has 1 unspecified atom stereocenters. The maximum absolute atomic E-state index is 14.7. The zero-order valence-corrected chi connectivity index (χ0v) is 25.7. The number of hydroxylamine groups is 2. The first-order chi connectivity index (χ1) is 21.7. The molecule has 1 spiro atoms. The summed E-state index contributed by atoms with van der Waals surface area (Å²) in [7, 11) is -3.95. The van der Waals surface area contributed by atoms with Gasteiger partial charge in [-0.1, -0.05) is 30.3 Å². The fraction of sp³-hybridized carbons (Fsp3) is 0.387. The fourth-order valence-corrected chi connectivity index (χ4v) is 7.75. The van der Waals surface area contributed by atoms with Gasteiger partial charge in [-0.2, -0.15) is 5.06 Å². The van der Waals surface area contributed by atoms with Gasteiger partial charge in [0.15, 0.2) is 21.3 Å². The van der Waals surface area contributed by atoms with E-state index >= 15 is 0 Å². The molecule has 3 aromatic rings. The van der Waals surface area contributed by atoms with Gasteiger partial charge in [-0.25, -0.2) is 21.6 Å². The van der Waals surface area contributed by atoms with E-state index in [1.165, 1.54) is 9.47 Å². The normalized spacial score (nSPS) is 24.6. The minimum atomic E-state index is -3.95. The van der Waals surface area contributed by atoms with Crippen LogP contribution in [0.1, 0.15) is 64.2 Å². The number of carbonyl (C=O) groups is 2. The summed E-state index contributed by atoms with van der Waals surface area (Å²) >= 11 is 0. The van der Waals surface area contributed by atoms with Crippen LogP contribution >= 0.6 is 0 Å². The van der Waals surface area contributed by atoms with Crippen LogP contribution in [0, 0.1) is 17.5 Å². The van der Waals surface area contributed by atoms with Gasteiger partial charge in [-0.15, -0.1) is 0 Å². The summed E-state index contributed by atoms with van der Waals surface area (Å²) in [6, 6.07) is 8.54. The molecule has 6 rings (SSSR count). The Morgan fingerprint density at radius 1 is 1.13 bits per heavy atom. The Kier molecular flexibility index (Phi) is 7.97. The van der Waals surface area contributed by atoms with Gasteiger partial charge >= 0.3 is 0 Å². The highest BCUT2D eigenvalue weighted by Crippen LogP contribution is 2.50. The smallest absolute Gasteiger partial charge is 0.274 e. The first-order valence-corrected chi connectivity index (χ1v) is 16.5. The van der Waals surface area contributed by atoms with Gasteiger partial charge in [0.2, 0.25) is 5.43 Å². The highest BCUT2D eigenvalue weighted by atomic mass is 32.2. The van der Waals surface area contributed by atoms with E-state index in [0.29, 0.717) is 24.1 Å². The van der Waals surface area contributed by atoms with Gasteiger partial charge in [-0.3, -0.25) is 19.2 Å². The van der Waals surface area contributed by atoms with E-state index < -0.39 is 91.0 Å². The molecule has 244 valence electrons. The third-order valence-electron chi connectivity index (χ3n) is 9.03. The lowest BCUT2D eigenvalue weighted by molar-refractivity contribution is -0.221. The molecule has 2 fully saturated rings. The molecule has 2 amide bonds. The summed E-state index contributed by atoms with van der Waals surface area (Å²) in [5.41, 5.74) is 2.78. The Labute approximate surface area is 262 Å². The monoisotopic (exact) mass is 660 g/mol. The molecule has 4 atom stereocenters. The molecule has 15 heteroatoms. The largest absolute Gasteiger partial charge is 0.483 e. The van der Waals surface area contributed by atoms with Crippen LogP contribution in [-0.4, -0.2) is 64.6 Å². The number of aromatic nitrogens is 1. The molecule has 2 aromatic carbocycles. The lowest BCUT2D eigenvalue weighted by Gasteiger charge is -2.43. The SMILES string of the molecule is C[C@H]1CC[C@]2(CC(S(C)(=O)=O)N(Cc3c(F)cc(F)cc3F)O2)[C@H]2CN1C(=O)c1c(OCc3ccccc3)c(=O)c(C(N)=O)cn12. The van der Waals surface area contributed by atoms with Crippen molar-refractivity contribution in [2.45, 2.75) is 62.4 Å². The van der Waals surface area contributed by atoms with Crippen molar-refractivity contribution in [2.75, 3.05) is 12.8 Å². The molecule has 0 saturated carbocycles. The van der Waals surface area contributed by atoms with Crippen molar-refractivity contribution < 1.29 is 40.8 Å². The minimum Gasteiger partial charge on any atom is -0.483 e. The molecular formula is C31H31F3N4O7S. The highest BCUT2D eigenvalue weighted by molar-refractivity contribution is 7.91. The van der Waals surface area contributed by atoms with Crippen LogP contribution in [0.3, 0.4) is 0 Å². The predicted molar refractivity (Wildman–Crippen MR) is 158 cm³/mol. The summed E-state index contributed by atoms with van der Waals surface area (Å²) in [4.78, 5) is 48.0. The van der Waals surface area contributed by atoms with Gasteiger partial charge in [0.1, 0.15) is 40.6 Å². The summed E-state index contributed by atoms with van der Waals surface area (Å²) in [6.45, 7) is 1.01. The fourth-order valence-electron chi connectivity index (χ4n) is 6.62. The van der Waals surface area contributed by atoms with Crippen LogP contribution in [0.4, 0.5) is 13.2 Å². The molecule has 2 saturated heterocycles. The standard InChI is InChI=1S/C31H31F3N4O7S/c1-17-8-9-31(12-25(46(2,42)43)38(45-31)14-20-22(33)10-19(32)11-23(20)34)24-15-36(17)30(41)26-28(44-16-18-6-4-3-5-7-18)27(39)21(29(35)40)13-37(24)26/h3-7,10-11,13,17,24-25H,8-9,12,14-16H2,1-2H3,(H2,35,40)/t17-,24+,25?,31-/m0/s1. The summed E-state index contributed by atoms with van der Waals surface area (Å²) in [5, 5.41) is -0.418. The quantitative estimate of drug-likeness (QED) is 0.408. The van der Waals surface area contributed by atoms with Gasteiger partial charge in [0.05, 0.1) is 12.6 Å². The van der Waals surface area contributed by atoms with E-state index in [9.17, 15) is 36.0 Å². The molecule has 3 aliphatic rings. The van der Waals surface area contributed by atoms with E-state index in [2.05, 4.69) is 0 Å². The predicted octanol–water partition coefficient (Wildman–Crippen LogP) is 3.07. The van der Waals surface area contributed by atoms with Crippen LogP contribution in [-0.2, 0) is 27.8 Å². The number of nitrogens with zero attached hydrogens (tertiary/aromatic N) is 3. The van der Waals surface area contributed by atoms with Crippen LogP contribution in [0.2, 0.25) is 0 Å². The number of hydrogen-bond acceptors (Lipinski definition) is 8. The molecule has 2 N–H and O–H groups in total. The molecule has 46 heavy (non-hydrogen) atoms. The van der Waals surface area contributed by atoms with E-state index in [-0.39, 0.29) is 31.7 Å². The summed E-state index contributed by atoms with van der Waals surface area (Å²) in [5.74, 6) is -5.57. The number of primary amides is 1. The van der Waals surface area contributed by atoms with Crippen molar-refractivity contribution in [3.8, 4) is 5.75 Å². The number of halogens is 3. The molecule has 2 bridgehead atoms. The lowest BCUT2D eigenvalue weighted by Crippen LogP contribution is -2.52. The van der Waals surface area contributed by atoms with Gasteiger partial charge in [-0.05, 0) is 25.3 Å². The maximum atomic E-state index is 14.7. The lowest BCUT2D eigenvalue weighted by atomic mass is 9.85. The first kappa shape index (κ1) is 31.8. The molecule has 0 aliphatic carbocycles. The molecule has 11 nitrogen and oxygen atoms in total. The Bertz CT molecular complexity index is 1880. The van der Waals surface area contributed by atoms with Crippen molar-refractivity contribution in [2.24, 2.45) is 5.73 Å². The third-order valence-corrected chi connectivity index (χ3v) is 10.4. The average molecular weight is 661 g/mol.